The first-order valence-corrected chi connectivity index (χ1v) is 8.34. The third-order valence-corrected chi connectivity index (χ3v) is 3.85. The van der Waals surface area contributed by atoms with E-state index in [1.165, 1.54) is 6.07 Å². The van der Waals surface area contributed by atoms with Gasteiger partial charge in [-0.3, -0.25) is 25.4 Å². The number of ether oxygens (including phenoxy) is 1. The minimum absolute atomic E-state index is 0.278. The summed E-state index contributed by atoms with van der Waals surface area (Å²) in [6.45, 7) is 2.42. The lowest BCUT2D eigenvalue weighted by Gasteiger charge is -2.10. The SMILES string of the molecule is CCOc1ccc(C(=O)NNC(=O)c2cc(Cl)cc3cccnc23)cc1. The van der Waals surface area contributed by atoms with Gasteiger partial charge in [0.2, 0.25) is 0 Å². The van der Waals surface area contributed by atoms with Gasteiger partial charge in [-0.1, -0.05) is 17.7 Å². The maximum Gasteiger partial charge on any atom is 0.271 e. The van der Waals surface area contributed by atoms with Crippen LogP contribution < -0.4 is 15.6 Å². The molecule has 0 atom stereocenters. The first-order valence-electron chi connectivity index (χ1n) is 7.96. The minimum atomic E-state index is -0.504. The number of nitrogens with zero attached hydrogens (tertiary/aromatic N) is 1. The molecule has 0 saturated heterocycles. The molecule has 0 saturated carbocycles. The summed E-state index contributed by atoms with van der Waals surface area (Å²) in [5, 5.41) is 1.15. The van der Waals surface area contributed by atoms with Crippen LogP contribution in [-0.4, -0.2) is 23.4 Å². The van der Waals surface area contributed by atoms with E-state index >= 15 is 0 Å². The molecular weight excluding hydrogens is 354 g/mol. The van der Waals surface area contributed by atoms with Crippen LogP contribution in [0.3, 0.4) is 0 Å². The number of pyridine rings is 1. The smallest absolute Gasteiger partial charge is 0.271 e. The molecule has 2 N–H and O–H groups in total. The third-order valence-electron chi connectivity index (χ3n) is 3.63. The molecule has 0 aliphatic carbocycles. The first kappa shape index (κ1) is 17.7. The van der Waals surface area contributed by atoms with E-state index in [0.29, 0.717) is 28.5 Å². The van der Waals surface area contributed by atoms with Crippen LogP contribution in [-0.2, 0) is 0 Å². The molecule has 1 heterocycles. The minimum Gasteiger partial charge on any atom is -0.494 e. The first-order chi connectivity index (χ1) is 12.6. The zero-order chi connectivity index (χ0) is 18.5. The van der Waals surface area contributed by atoms with Crippen molar-refractivity contribution < 1.29 is 14.3 Å². The molecule has 2 aromatic carbocycles. The fourth-order valence-corrected chi connectivity index (χ4v) is 2.68. The van der Waals surface area contributed by atoms with Gasteiger partial charge >= 0.3 is 0 Å². The van der Waals surface area contributed by atoms with Crippen molar-refractivity contribution in [3.8, 4) is 5.75 Å². The summed E-state index contributed by atoms with van der Waals surface area (Å²) in [7, 11) is 0. The van der Waals surface area contributed by atoms with Gasteiger partial charge in [0.15, 0.2) is 0 Å². The number of hydrazine groups is 1. The molecule has 2 amide bonds. The second kappa shape index (κ2) is 7.84. The molecule has 0 fully saturated rings. The number of aromatic nitrogens is 1. The molecular formula is C19H16ClN3O3. The predicted molar refractivity (Wildman–Crippen MR) is 99.3 cm³/mol. The number of fused-ring (bicyclic) bond motifs is 1. The Balaban J connectivity index is 1.72. The van der Waals surface area contributed by atoms with E-state index in [9.17, 15) is 9.59 Å². The van der Waals surface area contributed by atoms with E-state index in [2.05, 4.69) is 15.8 Å². The predicted octanol–water partition coefficient (Wildman–Crippen LogP) is 3.36. The number of hydrogen-bond acceptors (Lipinski definition) is 4. The van der Waals surface area contributed by atoms with E-state index in [4.69, 9.17) is 16.3 Å². The Kier molecular flexibility index (Phi) is 5.34. The van der Waals surface area contributed by atoms with E-state index in [-0.39, 0.29) is 5.56 Å². The molecule has 26 heavy (non-hydrogen) atoms. The van der Waals surface area contributed by atoms with Crippen LogP contribution in [0, 0.1) is 0 Å². The normalized spacial score (nSPS) is 10.4. The average Bonchev–Trinajstić information content (AvgIpc) is 2.66. The average molecular weight is 370 g/mol. The highest BCUT2D eigenvalue weighted by molar-refractivity contribution is 6.32. The maximum absolute atomic E-state index is 12.4. The molecule has 3 rings (SSSR count). The summed E-state index contributed by atoms with van der Waals surface area (Å²) >= 11 is 6.06. The molecule has 6 nitrogen and oxygen atoms in total. The van der Waals surface area contributed by atoms with Gasteiger partial charge < -0.3 is 4.74 Å². The summed E-state index contributed by atoms with van der Waals surface area (Å²) in [6, 6.07) is 13.4. The lowest BCUT2D eigenvalue weighted by atomic mass is 10.1. The summed E-state index contributed by atoms with van der Waals surface area (Å²) in [5.41, 5.74) is 5.94. The quantitative estimate of drug-likeness (QED) is 0.691. The Labute approximate surface area is 155 Å². The number of rotatable bonds is 4. The largest absolute Gasteiger partial charge is 0.494 e. The van der Waals surface area contributed by atoms with Crippen molar-refractivity contribution in [1.29, 1.82) is 0 Å². The molecule has 0 radical (unpaired) electrons. The van der Waals surface area contributed by atoms with Crippen molar-refractivity contribution in [3.05, 3.63) is 70.9 Å². The second-order valence-electron chi connectivity index (χ2n) is 5.39. The van der Waals surface area contributed by atoms with Crippen molar-refractivity contribution in [1.82, 2.24) is 15.8 Å². The van der Waals surface area contributed by atoms with Gasteiger partial charge in [-0.2, -0.15) is 0 Å². The third kappa shape index (κ3) is 3.92. The topological polar surface area (TPSA) is 80.3 Å². The van der Waals surface area contributed by atoms with Crippen molar-refractivity contribution in [2.45, 2.75) is 6.92 Å². The van der Waals surface area contributed by atoms with Gasteiger partial charge in [-0.15, -0.1) is 0 Å². The van der Waals surface area contributed by atoms with Gasteiger partial charge in [0.25, 0.3) is 11.8 Å². The van der Waals surface area contributed by atoms with Gasteiger partial charge in [-0.05, 0) is 49.4 Å². The summed E-state index contributed by atoms with van der Waals surface area (Å²) in [6.07, 6.45) is 1.59. The molecule has 132 valence electrons. The fraction of sp³-hybridized carbons (Fsp3) is 0.105. The van der Waals surface area contributed by atoms with Gasteiger partial charge in [-0.25, -0.2) is 0 Å². The molecule has 0 bridgehead atoms. The Bertz CT molecular complexity index is 958. The van der Waals surface area contributed by atoms with Gasteiger partial charge in [0, 0.05) is 22.2 Å². The monoisotopic (exact) mass is 369 g/mol. The maximum atomic E-state index is 12.4. The summed E-state index contributed by atoms with van der Waals surface area (Å²) in [4.78, 5) is 28.8. The van der Waals surface area contributed by atoms with Crippen LogP contribution in [0.2, 0.25) is 5.02 Å². The zero-order valence-electron chi connectivity index (χ0n) is 14.0. The number of benzene rings is 2. The number of carbonyl (C=O) groups excluding carboxylic acids is 2. The zero-order valence-corrected chi connectivity index (χ0v) is 14.7. The molecule has 0 aliphatic rings. The van der Waals surface area contributed by atoms with Crippen LogP contribution in [0.4, 0.5) is 0 Å². The molecule has 1 aromatic heterocycles. The van der Waals surface area contributed by atoms with Crippen LogP contribution in [0.5, 0.6) is 5.75 Å². The van der Waals surface area contributed by atoms with E-state index < -0.39 is 11.8 Å². The standard InChI is InChI=1S/C19H16ClN3O3/c1-2-26-15-7-5-12(6-8-15)18(24)22-23-19(25)16-11-14(20)10-13-4-3-9-21-17(13)16/h3-11H,2H2,1H3,(H,22,24)(H,23,25). The van der Waals surface area contributed by atoms with E-state index in [1.54, 1.807) is 42.6 Å². The van der Waals surface area contributed by atoms with Crippen molar-refractivity contribution in [2.24, 2.45) is 0 Å². The number of hydrogen-bond donors (Lipinski definition) is 2. The number of nitrogens with one attached hydrogen (secondary N) is 2. The van der Waals surface area contributed by atoms with Crippen molar-refractivity contribution in [2.75, 3.05) is 6.61 Å². The van der Waals surface area contributed by atoms with E-state index in [0.717, 1.165) is 5.39 Å². The number of amides is 2. The number of carbonyl (C=O) groups is 2. The molecule has 0 unspecified atom stereocenters. The molecule has 0 spiro atoms. The molecule has 3 aromatic rings. The lowest BCUT2D eigenvalue weighted by Crippen LogP contribution is -2.41. The number of halogens is 1. The highest BCUT2D eigenvalue weighted by Crippen LogP contribution is 2.22. The van der Waals surface area contributed by atoms with Crippen LogP contribution in [0.15, 0.2) is 54.7 Å². The highest BCUT2D eigenvalue weighted by Gasteiger charge is 2.14. The summed E-state index contributed by atoms with van der Waals surface area (Å²) in [5.74, 6) is -0.277. The Morgan fingerprint density at radius 2 is 1.81 bits per heavy atom. The summed E-state index contributed by atoms with van der Waals surface area (Å²) < 4.78 is 5.33. The molecule has 0 aliphatic heterocycles. The Hall–Kier alpha value is -3.12. The van der Waals surface area contributed by atoms with Crippen molar-refractivity contribution >= 4 is 34.3 Å². The van der Waals surface area contributed by atoms with Gasteiger partial charge in [0.05, 0.1) is 17.7 Å². The van der Waals surface area contributed by atoms with Crippen LogP contribution >= 0.6 is 11.6 Å². The molecule has 7 heteroatoms. The highest BCUT2D eigenvalue weighted by atomic mass is 35.5. The van der Waals surface area contributed by atoms with Gasteiger partial charge in [0.1, 0.15) is 5.75 Å². The second-order valence-corrected chi connectivity index (χ2v) is 5.83. The lowest BCUT2D eigenvalue weighted by molar-refractivity contribution is 0.0847. The Morgan fingerprint density at radius 3 is 2.54 bits per heavy atom. The Morgan fingerprint density at radius 1 is 1.08 bits per heavy atom. The van der Waals surface area contributed by atoms with Crippen LogP contribution in [0.25, 0.3) is 10.9 Å². The fourth-order valence-electron chi connectivity index (χ4n) is 2.45. The van der Waals surface area contributed by atoms with Crippen molar-refractivity contribution in [3.63, 3.8) is 0 Å². The van der Waals surface area contributed by atoms with E-state index in [1.807, 2.05) is 13.0 Å². The van der Waals surface area contributed by atoms with Crippen LogP contribution in [0.1, 0.15) is 27.6 Å².